The molecule has 2 saturated carbocycles. The number of hydrogen-bond acceptors (Lipinski definition) is 0. The van der Waals surface area contributed by atoms with Crippen LogP contribution in [0.3, 0.4) is 0 Å². The summed E-state index contributed by atoms with van der Waals surface area (Å²) in [5, 5.41) is 0. The Labute approximate surface area is 109 Å². The Balaban J connectivity index is 1.84. The van der Waals surface area contributed by atoms with Crippen LogP contribution in [0, 0.1) is 23.7 Å². The fraction of sp³-hybridized carbons (Fsp3) is 1.00. The molecule has 2 aliphatic rings. The van der Waals surface area contributed by atoms with Crippen molar-refractivity contribution in [3.63, 3.8) is 0 Å². The van der Waals surface area contributed by atoms with Gasteiger partial charge >= 0.3 is 0 Å². The first-order valence-corrected chi connectivity index (χ1v) is 8.31. The highest BCUT2D eigenvalue weighted by Crippen LogP contribution is 2.40. The van der Waals surface area contributed by atoms with Crippen LogP contribution in [0.25, 0.3) is 0 Å². The van der Waals surface area contributed by atoms with Gasteiger partial charge in [0.25, 0.3) is 0 Å². The molecule has 2 fully saturated rings. The Bertz CT molecular complexity index is 202. The molecule has 0 radical (unpaired) electrons. The van der Waals surface area contributed by atoms with Gasteiger partial charge in [-0.25, -0.2) is 0 Å². The van der Waals surface area contributed by atoms with Gasteiger partial charge in [-0.1, -0.05) is 78.1 Å². The third-order valence-corrected chi connectivity index (χ3v) is 5.74. The molecule has 0 bridgehead atoms. The molecule has 3 unspecified atom stereocenters. The zero-order valence-electron chi connectivity index (χ0n) is 12.1. The van der Waals surface area contributed by atoms with Crippen LogP contribution in [0.2, 0.25) is 0 Å². The van der Waals surface area contributed by atoms with Crippen LogP contribution >= 0.6 is 0 Å². The monoisotopic (exact) mass is 236 g/mol. The van der Waals surface area contributed by atoms with Gasteiger partial charge in [0.1, 0.15) is 0 Å². The summed E-state index contributed by atoms with van der Waals surface area (Å²) in [5.41, 5.74) is 0. The summed E-state index contributed by atoms with van der Waals surface area (Å²) in [6.45, 7) is 4.95. The molecule has 0 spiro atoms. The molecule has 0 heteroatoms. The van der Waals surface area contributed by atoms with E-state index in [-0.39, 0.29) is 0 Å². The zero-order valence-corrected chi connectivity index (χ0v) is 12.1. The predicted octanol–water partition coefficient (Wildman–Crippen LogP) is 5.81. The minimum absolute atomic E-state index is 1.02. The first-order valence-electron chi connectivity index (χ1n) is 8.31. The van der Waals surface area contributed by atoms with E-state index in [9.17, 15) is 0 Å². The molecule has 2 rings (SSSR count). The summed E-state index contributed by atoms with van der Waals surface area (Å²) in [6.07, 6.45) is 16.7. The molecule has 0 N–H and O–H groups in total. The van der Waals surface area contributed by atoms with Crippen LogP contribution in [0.1, 0.15) is 84.5 Å². The third-order valence-electron chi connectivity index (χ3n) is 5.74. The van der Waals surface area contributed by atoms with Crippen LogP contribution in [-0.4, -0.2) is 0 Å². The summed E-state index contributed by atoms with van der Waals surface area (Å²) < 4.78 is 0. The van der Waals surface area contributed by atoms with E-state index in [2.05, 4.69) is 13.8 Å². The summed E-state index contributed by atoms with van der Waals surface area (Å²) >= 11 is 0. The maximum absolute atomic E-state index is 2.51. The maximum Gasteiger partial charge on any atom is -0.0386 e. The van der Waals surface area contributed by atoms with Crippen LogP contribution in [0.5, 0.6) is 0 Å². The molecule has 0 aromatic carbocycles. The smallest absolute Gasteiger partial charge is 0.0386 e. The van der Waals surface area contributed by atoms with Gasteiger partial charge in [0.15, 0.2) is 0 Å². The molecular formula is C17H32. The van der Waals surface area contributed by atoms with Crippen molar-refractivity contribution in [2.45, 2.75) is 84.5 Å². The summed E-state index contributed by atoms with van der Waals surface area (Å²) in [6, 6.07) is 0. The molecule has 100 valence electrons. The highest BCUT2D eigenvalue weighted by atomic mass is 14.3. The van der Waals surface area contributed by atoms with E-state index >= 15 is 0 Å². The van der Waals surface area contributed by atoms with Gasteiger partial charge < -0.3 is 0 Å². The Morgan fingerprint density at radius 1 is 0.882 bits per heavy atom. The lowest BCUT2D eigenvalue weighted by molar-refractivity contribution is 0.153. The molecule has 17 heavy (non-hydrogen) atoms. The van der Waals surface area contributed by atoms with Crippen molar-refractivity contribution < 1.29 is 0 Å². The Kier molecular flexibility index (Phi) is 5.38. The molecule has 0 aromatic rings. The van der Waals surface area contributed by atoms with Gasteiger partial charge in [0.05, 0.1) is 0 Å². The highest BCUT2D eigenvalue weighted by molar-refractivity contribution is 4.79. The van der Waals surface area contributed by atoms with E-state index in [1.54, 1.807) is 19.3 Å². The first kappa shape index (κ1) is 13.4. The Morgan fingerprint density at radius 3 is 2.18 bits per heavy atom. The largest absolute Gasteiger partial charge is 0.0651 e. The van der Waals surface area contributed by atoms with Crippen LogP contribution in [-0.2, 0) is 0 Å². The standard InChI is InChI=1S/C17H32/c1-3-15(16-10-5-4-6-11-16)13-17-12-8-7-9-14(17)2/h14-17H,3-13H2,1-2H3. The second-order valence-electron chi connectivity index (χ2n) is 6.82. The topological polar surface area (TPSA) is 0 Å². The normalized spacial score (nSPS) is 33.5. The molecule has 0 heterocycles. The van der Waals surface area contributed by atoms with Gasteiger partial charge in [0, 0.05) is 0 Å². The Hall–Kier alpha value is 0. The zero-order chi connectivity index (χ0) is 12.1. The van der Waals surface area contributed by atoms with Crippen molar-refractivity contribution in [3.8, 4) is 0 Å². The van der Waals surface area contributed by atoms with E-state index in [1.807, 2.05) is 0 Å². The van der Waals surface area contributed by atoms with Crippen molar-refractivity contribution in [1.82, 2.24) is 0 Å². The average Bonchev–Trinajstić information content (AvgIpc) is 2.39. The summed E-state index contributed by atoms with van der Waals surface area (Å²) in [7, 11) is 0. The van der Waals surface area contributed by atoms with E-state index in [0.29, 0.717) is 0 Å². The summed E-state index contributed by atoms with van der Waals surface area (Å²) in [5.74, 6) is 4.22. The lowest BCUT2D eigenvalue weighted by Gasteiger charge is -2.36. The minimum atomic E-state index is 1.02. The fourth-order valence-corrected chi connectivity index (χ4v) is 4.43. The molecule has 0 nitrogen and oxygen atoms in total. The number of rotatable bonds is 4. The second-order valence-corrected chi connectivity index (χ2v) is 6.82. The predicted molar refractivity (Wildman–Crippen MR) is 76.1 cm³/mol. The van der Waals surface area contributed by atoms with Crippen molar-refractivity contribution in [3.05, 3.63) is 0 Å². The lowest BCUT2D eigenvalue weighted by atomic mass is 9.70. The molecule has 0 saturated heterocycles. The summed E-state index contributed by atoms with van der Waals surface area (Å²) in [4.78, 5) is 0. The minimum Gasteiger partial charge on any atom is -0.0651 e. The van der Waals surface area contributed by atoms with Gasteiger partial charge in [-0.15, -0.1) is 0 Å². The average molecular weight is 236 g/mol. The van der Waals surface area contributed by atoms with Gasteiger partial charge in [0.2, 0.25) is 0 Å². The maximum atomic E-state index is 2.51. The second kappa shape index (κ2) is 6.81. The van der Waals surface area contributed by atoms with Crippen LogP contribution in [0.4, 0.5) is 0 Å². The fourth-order valence-electron chi connectivity index (χ4n) is 4.43. The molecule has 2 aliphatic carbocycles. The number of hydrogen-bond donors (Lipinski definition) is 0. The SMILES string of the molecule is CCC(CC1CCCCC1C)C1CCCCC1. The lowest BCUT2D eigenvalue weighted by Crippen LogP contribution is -2.25. The quantitative estimate of drug-likeness (QED) is 0.578. The van der Waals surface area contributed by atoms with E-state index in [4.69, 9.17) is 0 Å². The van der Waals surface area contributed by atoms with Gasteiger partial charge in [-0.2, -0.15) is 0 Å². The van der Waals surface area contributed by atoms with Gasteiger partial charge in [-0.3, -0.25) is 0 Å². The highest BCUT2D eigenvalue weighted by Gasteiger charge is 2.28. The van der Waals surface area contributed by atoms with Crippen molar-refractivity contribution in [1.29, 1.82) is 0 Å². The molecule has 3 atom stereocenters. The molecular weight excluding hydrogens is 204 g/mol. The molecule has 0 aliphatic heterocycles. The molecule has 0 amide bonds. The van der Waals surface area contributed by atoms with Crippen LogP contribution < -0.4 is 0 Å². The van der Waals surface area contributed by atoms with Crippen molar-refractivity contribution in [2.75, 3.05) is 0 Å². The van der Waals surface area contributed by atoms with E-state index in [1.165, 1.54) is 51.4 Å². The van der Waals surface area contributed by atoms with Gasteiger partial charge in [-0.05, 0) is 30.1 Å². The van der Waals surface area contributed by atoms with Crippen LogP contribution in [0.15, 0.2) is 0 Å². The van der Waals surface area contributed by atoms with E-state index < -0.39 is 0 Å². The third kappa shape index (κ3) is 3.73. The van der Waals surface area contributed by atoms with E-state index in [0.717, 1.165) is 23.7 Å². The Morgan fingerprint density at radius 2 is 1.53 bits per heavy atom. The van der Waals surface area contributed by atoms with Crippen molar-refractivity contribution in [2.24, 2.45) is 23.7 Å². The first-order chi connectivity index (χ1) is 8.31. The van der Waals surface area contributed by atoms with Crippen molar-refractivity contribution >= 4 is 0 Å². The molecule has 0 aromatic heterocycles.